The number of nitrogens with zero attached hydrogens (tertiary/aromatic N) is 1. The van der Waals surface area contributed by atoms with E-state index < -0.39 is 0 Å². The summed E-state index contributed by atoms with van der Waals surface area (Å²) in [6.45, 7) is 6.16. The Morgan fingerprint density at radius 1 is 1.16 bits per heavy atom. The standard InChI is InChI=1S/C26H35FN2O2/c1-4-5-25(18-10-12-28-13-11-18)31-21-7-8-22-20(14-21)16-29(2)17-23(22)19-6-9-26(30-3)24(27)15-19/h6-9,14-15,18,23,25,28H,4-5,10-13,16-17H2,1-3H3. The summed E-state index contributed by atoms with van der Waals surface area (Å²) in [5.41, 5.74) is 3.52. The lowest BCUT2D eigenvalue weighted by Crippen LogP contribution is -2.37. The summed E-state index contributed by atoms with van der Waals surface area (Å²) in [5, 5.41) is 3.46. The highest BCUT2D eigenvalue weighted by Crippen LogP contribution is 2.37. The third kappa shape index (κ3) is 5.04. The zero-order chi connectivity index (χ0) is 21.8. The van der Waals surface area contributed by atoms with Gasteiger partial charge in [0.25, 0.3) is 0 Å². The molecule has 2 heterocycles. The number of methoxy groups -OCH3 is 1. The highest BCUT2D eigenvalue weighted by molar-refractivity contribution is 5.45. The van der Waals surface area contributed by atoms with E-state index in [9.17, 15) is 4.39 Å². The number of nitrogens with one attached hydrogen (secondary N) is 1. The van der Waals surface area contributed by atoms with Gasteiger partial charge < -0.3 is 19.7 Å². The molecule has 0 bridgehead atoms. The Kier molecular flexibility index (Phi) is 7.13. The molecule has 4 nitrogen and oxygen atoms in total. The number of piperidine rings is 1. The van der Waals surface area contributed by atoms with Crippen LogP contribution in [-0.2, 0) is 6.54 Å². The fraction of sp³-hybridized carbons (Fsp3) is 0.538. The fourth-order valence-electron chi connectivity index (χ4n) is 5.15. The fourth-order valence-corrected chi connectivity index (χ4v) is 5.15. The summed E-state index contributed by atoms with van der Waals surface area (Å²) in [4.78, 5) is 2.30. The molecular formula is C26H35FN2O2. The first-order valence-electron chi connectivity index (χ1n) is 11.6. The second-order valence-corrected chi connectivity index (χ2v) is 9.04. The molecule has 0 aliphatic carbocycles. The summed E-state index contributed by atoms with van der Waals surface area (Å²) >= 11 is 0. The van der Waals surface area contributed by atoms with E-state index in [-0.39, 0.29) is 23.6 Å². The number of rotatable bonds is 7. The molecular weight excluding hydrogens is 391 g/mol. The predicted octanol–water partition coefficient (Wildman–Crippen LogP) is 4.96. The molecule has 0 aromatic heterocycles. The molecule has 2 aromatic rings. The van der Waals surface area contributed by atoms with Gasteiger partial charge in [-0.05, 0) is 86.3 Å². The molecule has 2 atom stereocenters. The maximum absolute atomic E-state index is 14.4. The van der Waals surface area contributed by atoms with Crippen LogP contribution in [0.15, 0.2) is 36.4 Å². The van der Waals surface area contributed by atoms with Crippen molar-refractivity contribution >= 4 is 0 Å². The number of halogens is 1. The van der Waals surface area contributed by atoms with Crippen LogP contribution in [0, 0.1) is 11.7 Å². The molecule has 2 aromatic carbocycles. The van der Waals surface area contributed by atoms with Crippen LogP contribution in [0.2, 0.25) is 0 Å². The van der Waals surface area contributed by atoms with Crippen LogP contribution in [0.3, 0.4) is 0 Å². The Balaban J connectivity index is 1.58. The molecule has 31 heavy (non-hydrogen) atoms. The average molecular weight is 427 g/mol. The molecule has 1 fully saturated rings. The Hall–Kier alpha value is -2.11. The molecule has 2 unspecified atom stereocenters. The van der Waals surface area contributed by atoms with Crippen molar-refractivity contribution in [2.24, 2.45) is 5.92 Å². The van der Waals surface area contributed by atoms with E-state index in [1.165, 1.54) is 31.1 Å². The van der Waals surface area contributed by atoms with Crippen LogP contribution in [0.4, 0.5) is 4.39 Å². The van der Waals surface area contributed by atoms with E-state index in [0.29, 0.717) is 5.92 Å². The maximum Gasteiger partial charge on any atom is 0.165 e. The molecule has 1 saturated heterocycles. The molecule has 168 valence electrons. The van der Waals surface area contributed by atoms with E-state index in [4.69, 9.17) is 9.47 Å². The normalized spacial score (nSPS) is 20.8. The zero-order valence-corrected chi connectivity index (χ0v) is 19.0. The van der Waals surface area contributed by atoms with Gasteiger partial charge in [0, 0.05) is 19.0 Å². The largest absolute Gasteiger partial charge is 0.494 e. The zero-order valence-electron chi connectivity index (χ0n) is 19.0. The highest BCUT2D eigenvalue weighted by atomic mass is 19.1. The van der Waals surface area contributed by atoms with Crippen molar-refractivity contribution in [2.45, 2.75) is 51.2 Å². The molecule has 2 aliphatic heterocycles. The first-order valence-corrected chi connectivity index (χ1v) is 11.6. The Morgan fingerprint density at radius 3 is 2.68 bits per heavy atom. The lowest BCUT2D eigenvalue weighted by Gasteiger charge is -2.34. The number of ether oxygens (including phenoxy) is 2. The van der Waals surface area contributed by atoms with Crippen molar-refractivity contribution in [3.8, 4) is 11.5 Å². The summed E-state index contributed by atoms with van der Waals surface area (Å²) in [6.07, 6.45) is 4.87. The lowest BCUT2D eigenvalue weighted by molar-refractivity contribution is 0.103. The summed E-state index contributed by atoms with van der Waals surface area (Å²) in [6, 6.07) is 11.8. The first kappa shape index (κ1) is 22.1. The molecule has 0 saturated carbocycles. The topological polar surface area (TPSA) is 33.7 Å². The molecule has 4 rings (SSSR count). The van der Waals surface area contributed by atoms with Crippen molar-refractivity contribution < 1.29 is 13.9 Å². The molecule has 2 aliphatic rings. The molecule has 0 amide bonds. The van der Waals surface area contributed by atoms with E-state index in [1.807, 2.05) is 6.07 Å². The SMILES string of the molecule is CCCC(Oc1ccc2c(c1)CN(C)CC2c1ccc(OC)c(F)c1)C1CCNCC1. The van der Waals surface area contributed by atoms with Crippen LogP contribution < -0.4 is 14.8 Å². The van der Waals surface area contributed by atoms with Crippen molar-refractivity contribution in [3.05, 3.63) is 58.9 Å². The number of hydrogen-bond donors (Lipinski definition) is 1. The predicted molar refractivity (Wildman–Crippen MR) is 122 cm³/mol. The van der Waals surface area contributed by atoms with E-state index >= 15 is 0 Å². The quantitative estimate of drug-likeness (QED) is 0.679. The van der Waals surface area contributed by atoms with Gasteiger partial charge in [-0.15, -0.1) is 0 Å². The highest BCUT2D eigenvalue weighted by Gasteiger charge is 2.28. The Morgan fingerprint density at radius 2 is 1.97 bits per heavy atom. The van der Waals surface area contributed by atoms with Crippen molar-refractivity contribution in [2.75, 3.05) is 33.8 Å². The average Bonchev–Trinajstić information content (AvgIpc) is 2.78. The minimum absolute atomic E-state index is 0.138. The Labute approximate surface area is 185 Å². The van der Waals surface area contributed by atoms with Crippen LogP contribution in [0.1, 0.15) is 55.2 Å². The molecule has 5 heteroatoms. The Bertz CT molecular complexity index is 882. The smallest absolute Gasteiger partial charge is 0.165 e. The van der Waals surface area contributed by atoms with Gasteiger partial charge in [0.2, 0.25) is 0 Å². The number of likely N-dealkylation sites (N-methyl/N-ethyl adjacent to an activating group) is 1. The summed E-state index contributed by atoms with van der Waals surface area (Å²) in [7, 11) is 3.62. The van der Waals surface area contributed by atoms with Gasteiger partial charge in [-0.1, -0.05) is 25.5 Å². The first-order chi connectivity index (χ1) is 15.1. The van der Waals surface area contributed by atoms with E-state index in [2.05, 4.69) is 42.4 Å². The molecule has 1 N–H and O–H groups in total. The van der Waals surface area contributed by atoms with Crippen LogP contribution >= 0.6 is 0 Å². The van der Waals surface area contributed by atoms with Gasteiger partial charge in [0.1, 0.15) is 11.9 Å². The van der Waals surface area contributed by atoms with Gasteiger partial charge in [0.05, 0.1) is 7.11 Å². The van der Waals surface area contributed by atoms with Crippen molar-refractivity contribution in [1.29, 1.82) is 0 Å². The van der Waals surface area contributed by atoms with Gasteiger partial charge in [-0.25, -0.2) is 4.39 Å². The number of benzene rings is 2. The van der Waals surface area contributed by atoms with Crippen LogP contribution in [-0.4, -0.2) is 44.8 Å². The minimum atomic E-state index is -0.306. The lowest BCUT2D eigenvalue weighted by atomic mass is 9.84. The second kappa shape index (κ2) is 10.0. The monoisotopic (exact) mass is 426 g/mol. The van der Waals surface area contributed by atoms with Gasteiger partial charge >= 0.3 is 0 Å². The minimum Gasteiger partial charge on any atom is -0.494 e. The van der Waals surface area contributed by atoms with Crippen LogP contribution in [0.5, 0.6) is 11.5 Å². The summed E-state index contributed by atoms with van der Waals surface area (Å²) in [5.74, 6) is 1.70. The van der Waals surface area contributed by atoms with Gasteiger partial charge in [-0.2, -0.15) is 0 Å². The van der Waals surface area contributed by atoms with Crippen molar-refractivity contribution in [1.82, 2.24) is 10.2 Å². The molecule has 0 radical (unpaired) electrons. The van der Waals surface area contributed by atoms with Gasteiger partial charge in [0.15, 0.2) is 11.6 Å². The maximum atomic E-state index is 14.4. The van der Waals surface area contributed by atoms with Crippen molar-refractivity contribution in [3.63, 3.8) is 0 Å². The second-order valence-electron chi connectivity index (χ2n) is 9.04. The third-order valence-corrected chi connectivity index (χ3v) is 6.77. The summed E-state index contributed by atoms with van der Waals surface area (Å²) < 4.78 is 26.0. The third-order valence-electron chi connectivity index (χ3n) is 6.77. The van der Waals surface area contributed by atoms with Gasteiger partial charge in [-0.3, -0.25) is 0 Å². The molecule has 0 spiro atoms. The van der Waals surface area contributed by atoms with Crippen LogP contribution in [0.25, 0.3) is 0 Å². The number of fused-ring (bicyclic) bond motifs is 1. The number of hydrogen-bond acceptors (Lipinski definition) is 4. The van der Waals surface area contributed by atoms with E-state index in [0.717, 1.165) is 50.3 Å². The van der Waals surface area contributed by atoms with E-state index in [1.54, 1.807) is 12.1 Å².